The van der Waals surface area contributed by atoms with Crippen LogP contribution in [0.1, 0.15) is 0 Å². The zero-order chi connectivity index (χ0) is 11.7. The third kappa shape index (κ3) is 1.54. The molecule has 0 fully saturated rings. The van der Waals surface area contributed by atoms with Gasteiger partial charge in [-0.1, -0.05) is 6.07 Å². The van der Waals surface area contributed by atoms with Crippen LogP contribution in [0.2, 0.25) is 0 Å². The predicted molar refractivity (Wildman–Crippen MR) is 65.9 cm³/mol. The number of hydrogen-bond donors (Lipinski definition) is 1. The standard InChI is InChI=1S/C13H11N3O/c1-17-11-8-16-13(10-4-2-3-6-14-10)12-9(11)5-7-15-12/h2-8,15H,1H3. The maximum Gasteiger partial charge on any atom is 0.146 e. The van der Waals surface area contributed by atoms with E-state index in [0.717, 1.165) is 28.0 Å². The normalized spacial score (nSPS) is 10.6. The first-order chi connectivity index (χ1) is 8.40. The van der Waals surface area contributed by atoms with E-state index in [9.17, 15) is 0 Å². The molecule has 3 aromatic heterocycles. The van der Waals surface area contributed by atoms with E-state index in [1.54, 1.807) is 19.5 Å². The van der Waals surface area contributed by atoms with E-state index in [1.807, 2.05) is 30.5 Å². The van der Waals surface area contributed by atoms with Gasteiger partial charge >= 0.3 is 0 Å². The van der Waals surface area contributed by atoms with Gasteiger partial charge in [-0.25, -0.2) is 4.98 Å². The summed E-state index contributed by atoms with van der Waals surface area (Å²) in [6.07, 6.45) is 5.36. The summed E-state index contributed by atoms with van der Waals surface area (Å²) in [5, 5.41) is 1.02. The summed E-state index contributed by atoms with van der Waals surface area (Å²) >= 11 is 0. The van der Waals surface area contributed by atoms with Gasteiger partial charge in [-0.3, -0.25) is 4.98 Å². The van der Waals surface area contributed by atoms with Gasteiger partial charge in [0.2, 0.25) is 0 Å². The maximum atomic E-state index is 5.27. The van der Waals surface area contributed by atoms with Gasteiger partial charge in [0.15, 0.2) is 0 Å². The Bertz CT molecular complexity index is 646. The Kier molecular flexibility index (Phi) is 2.26. The van der Waals surface area contributed by atoms with Crippen LogP contribution in [0.3, 0.4) is 0 Å². The molecule has 3 rings (SSSR count). The molecule has 0 saturated heterocycles. The quantitative estimate of drug-likeness (QED) is 0.729. The smallest absolute Gasteiger partial charge is 0.146 e. The first kappa shape index (κ1) is 9.84. The van der Waals surface area contributed by atoms with Crippen molar-refractivity contribution < 1.29 is 4.74 Å². The van der Waals surface area contributed by atoms with Crippen molar-refractivity contribution in [1.82, 2.24) is 15.0 Å². The van der Waals surface area contributed by atoms with Gasteiger partial charge in [-0.05, 0) is 18.2 Å². The van der Waals surface area contributed by atoms with Crippen molar-refractivity contribution in [2.45, 2.75) is 0 Å². The largest absolute Gasteiger partial charge is 0.494 e. The minimum atomic E-state index is 0.765. The van der Waals surface area contributed by atoms with Gasteiger partial charge in [-0.2, -0.15) is 0 Å². The summed E-state index contributed by atoms with van der Waals surface area (Å²) in [5.41, 5.74) is 2.64. The number of fused-ring (bicyclic) bond motifs is 1. The van der Waals surface area contributed by atoms with E-state index in [-0.39, 0.29) is 0 Å². The van der Waals surface area contributed by atoms with Crippen molar-refractivity contribution >= 4 is 10.9 Å². The number of ether oxygens (including phenoxy) is 1. The average Bonchev–Trinajstić information content (AvgIpc) is 2.88. The Morgan fingerprint density at radius 1 is 1.18 bits per heavy atom. The number of H-pyrrole nitrogens is 1. The number of aromatic amines is 1. The highest BCUT2D eigenvalue weighted by Crippen LogP contribution is 2.30. The number of hydrogen-bond acceptors (Lipinski definition) is 3. The maximum absolute atomic E-state index is 5.27. The molecule has 0 unspecified atom stereocenters. The fraction of sp³-hybridized carbons (Fsp3) is 0.0769. The molecule has 4 nitrogen and oxygen atoms in total. The van der Waals surface area contributed by atoms with Gasteiger partial charge < -0.3 is 9.72 Å². The van der Waals surface area contributed by atoms with Crippen LogP contribution < -0.4 is 4.74 Å². The highest BCUT2D eigenvalue weighted by atomic mass is 16.5. The van der Waals surface area contributed by atoms with E-state index in [1.165, 1.54) is 0 Å². The molecule has 0 radical (unpaired) electrons. The third-order valence-corrected chi connectivity index (χ3v) is 2.69. The Balaban J connectivity index is 2.29. The number of nitrogens with one attached hydrogen (secondary N) is 1. The van der Waals surface area contributed by atoms with Gasteiger partial charge in [0, 0.05) is 17.8 Å². The average molecular weight is 225 g/mol. The second-order valence-electron chi connectivity index (χ2n) is 3.66. The first-order valence-electron chi connectivity index (χ1n) is 5.31. The number of rotatable bonds is 2. The molecule has 0 saturated carbocycles. The monoisotopic (exact) mass is 225 g/mol. The fourth-order valence-electron chi connectivity index (χ4n) is 1.89. The van der Waals surface area contributed by atoms with Crippen LogP contribution >= 0.6 is 0 Å². The van der Waals surface area contributed by atoms with Crippen molar-refractivity contribution in [3.8, 4) is 17.1 Å². The van der Waals surface area contributed by atoms with E-state index in [4.69, 9.17) is 4.74 Å². The molecule has 0 aliphatic heterocycles. The van der Waals surface area contributed by atoms with Crippen LogP contribution in [0.4, 0.5) is 0 Å². The first-order valence-corrected chi connectivity index (χ1v) is 5.31. The molecule has 0 spiro atoms. The highest BCUT2D eigenvalue weighted by molar-refractivity contribution is 5.94. The number of aromatic nitrogens is 3. The predicted octanol–water partition coefficient (Wildman–Crippen LogP) is 2.63. The van der Waals surface area contributed by atoms with E-state index in [2.05, 4.69) is 15.0 Å². The summed E-state index contributed by atoms with van der Waals surface area (Å²) in [4.78, 5) is 11.9. The Hall–Kier alpha value is -2.36. The fourth-order valence-corrected chi connectivity index (χ4v) is 1.89. The second kappa shape index (κ2) is 3.90. The molecule has 84 valence electrons. The lowest BCUT2D eigenvalue weighted by atomic mass is 10.2. The zero-order valence-corrected chi connectivity index (χ0v) is 9.34. The molecule has 1 N–H and O–H groups in total. The molecular formula is C13H11N3O. The second-order valence-corrected chi connectivity index (χ2v) is 3.66. The molecule has 0 amide bonds. The third-order valence-electron chi connectivity index (χ3n) is 2.69. The summed E-state index contributed by atoms with van der Waals surface area (Å²) in [5.74, 6) is 0.765. The molecule has 0 aliphatic carbocycles. The van der Waals surface area contributed by atoms with Crippen molar-refractivity contribution in [1.29, 1.82) is 0 Å². The lowest BCUT2D eigenvalue weighted by Crippen LogP contribution is -1.91. The number of methoxy groups -OCH3 is 1. The van der Waals surface area contributed by atoms with E-state index < -0.39 is 0 Å². The lowest BCUT2D eigenvalue weighted by molar-refractivity contribution is 0.418. The molecule has 17 heavy (non-hydrogen) atoms. The Labute approximate surface area is 98.3 Å². The summed E-state index contributed by atoms with van der Waals surface area (Å²) in [7, 11) is 1.64. The molecule has 3 aromatic rings. The van der Waals surface area contributed by atoms with Gasteiger partial charge in [0.25, 0.3) is 0 Å². The molecule has 0 atom stereocenters. The minimum Gasteiger partial charge on any atom is -0.494 e. The topological polar surface area (TPSA) is 50.8 Å². The van der Waals surface area contributed by atoms with Crippen molar-refractivity contribution in [3.05, 3.63) is 42.9 Å². The zero-order valence-electron chi connectivity index (χ0n) is 9.34. The van der Waals surface area contributed by atoms with E-state index >= 15 is 0 Å². The van der Waals surface area contributed by atoms with Crippen LogP contribution in [-0.2, 0) is 0 Å². The van der Waals surface area contributed by atoms with Crippen molar-refractivity contribution in [3.63, 3.8) is 0 Å². The van der Waals surface area contributed by atoms with Crippen molar-refractivity contribution in [2.75, 3.05) is 7.11 Å². The van der Waals surface area contributed by atoms with Crippen LogP contribution in [-0.4, -0.2) is 22.1 Å². The van der Waals surface area contributed by atoms with Crippen LogP contribution in [0.15, 0.2) is 42.9 Å². The van der Waals surface area contributed by atoms with Crippen molar-refractivity contribution in [2.24, 2.45) is 0 Å². The molecule has 0 bridgehead atoms. The molecule has 3 heterocycles. The van der Waals surface area contributed by atoms with Gasteiger partial charge in [0.1, 0.15) is 11.4 Å². The number of nitrogens with zero attached hydrogens (tertiary/aromatic N) is 2. The SMILES string of the molecule is COc1cnc(-c2ccccn2)c2[nH]ccc12. The molecule has 0 aliphatic rings. The Morgan fingerprint density at radius 2 is 2.12 bits per heavy atom. The molecule has 4 heteroatoms. The highest BCUT2D eigenvalue weighted by Gasteiger charge is 2.10. The summed E-state index contributed by atoms with van der Waals surface area (Å²) in [6, 6.07) is 7.75. The molecule has 0 aromatic carbocycles. The van der Waals surface area contributed by atoms with E-state index in [0.29, 0.717) is 0 Å². The van der Waals surface area contributed by atoms with Crippen LogP contribution in [0, 0.1) is 0 Å². The van der Waals surface area contributed by atoms with Gasteiger partial charge in [-0.15, -0.1) is 0 Å². The number of pyridine rings is 2. The Morgan fingerprint density at radius 3 is 2.88 bits per heavy atom. The summed E-state index contributed by atoms with van der Waals surface area (Å²) < 4.78 is 5.27. The minimum absolute atomic E-state index is 0.765. The lowest BCUT2D eigenvalue weighted by Gasteiger charge is -2.05. The van der Waals surface area contributed by atoms with Gasteiger partial charge in [0.05, 0.1) is 24.5 Å². The van der Waals surface area contributed by atoms with Crippen LogP contribution in [0.25, 0.3) is 22.3 Å². The summed E-state index contributed by atoms with van der Waals surface area (Å²) in [6.45, 7) is 0. The van der Waals surface area contributed by atoms with Crippen LogP contribution in [0.5, 0.6) is 5.75 Å². The molecular weight excluding hydrogens is 214 g/mol.